The lowest BCUT2D eigenvalue weighted by atomic mass is 10.1. The summed E-state index contributed by atoms with van der Waals surface area (Å²) >= 11 is 0. The topological polar surface area (TPSA) is 84.5 Å². The number of carbonyl (C=O) groups is 3. The number of rotatable bonds is 8. The van der Waals surface area contributed by atoms with Crippen LogP contribution in [0.5, 0.6) is 0 Å². The zero-order valence-corrected chi connectivity index (χ0v) is 15.8. The Hall–Kier alpha value is -3.15. The molecule has 2 aromatic carbocycles. The first-order valence-corrected chi connectivity index (χ1v) is 9.42. The third-order valence-corrected chi connectivity index (χ3v) is 4.75. The lowest BCUT2D eigenvalue weighted by molar-refractivity contribution is -0.148. The van der Waals surface area contributed by atoms with Crippen LogP contribution in [0.15, 0.2) is 54.6 Å². The lowest BCUT2D eigenvalue weighted by Crippen LogP contribution is -2.28. The summed E-state index contributed by atoms with van der Waals surface area (Å²) in [5.41, 5.74) is 1.89. The first-order valence-electron chi connectivity index (χ1n) is 9.42. The van der Waals surface area contributed by atoms with Crippen molar-refractivity contribution in [1.82, 2.24) is 5.32 Å². The molecule has 2 atom stereocenters. The van der Waals surface area contributed by atoms with Crippen molar-refractivity contribution in [3.63, 3.8) is 0 Å². The molecule has 1 fully saturated rings. The minimum atomic E-state index is -0.466. The number of nitrogens with one attached hydrogen (secondary N) is 2. The molecule has 0 saturated heterocycles. The Labute approximate surface area is 164 Å². The molecule has 2 amide bonds. The monoisotopic (exact) mass is 380 g/mol. The van der Waals surface area contributed by atoms with Crippen molar-refractivity contribution in [2.24, 2.45) is 11.8 Å². The molecule has 0 unspecified atom stereocenters. The molecule has 3 rings (SSSR count). The lowest BCUT2D eigenvalue weighted by Gasteiger charge is -2.12. The summed E-state index contributed by atoms with van der Waals surface area (Å²) in [6.45, 7) is 2.10. The van der Waals surface area contributed by atoms with Gasteiger partial charge in [-0.3, -0.25) is 14.4 Å². The van der Waals surface area contributed by atoms with Crippen molar-refractivity contribution < 1.29 is 19.1 Å². The van der Waals surface area contributed by atoms with Crippen molar-refractivity contribution in [3.05, 3.63) is 65.7 Å². The Bertz CT molecular complexity index is 851. The number of carbonyl (C=O) groups excluding carboxylic acids is 3. The third-order valence-electron chi connectivity index (χ3n) is 4.75. The van der Waals surface area contributed by atoms with E-state index in [1.807, 2.05) is 37.3 Å². The molecule has 0 heterocycles. The maximum atomic E-state index is 12.5. The van der Waals surface area contributed by atoms with Crippen LogP contribution >= 0.6 is 0 Å². The molecule has 6 heteroatoms. The summed E-state index contributed by atoms with van der Waals surface area (Å²) < 4.78 is 5.03. The number of hydrogen-bond acceptors (Lipinski definition) is 4. The van der Waals surface area contributed by atoms with Crippen molar-refractivity contribution in [1.29, 1.82) is 0 Å². The SMILES string of the molecule is C[C@@H]1C[C@@H]1C(=O)OCC(=O)Nc1ccccc1C(=O)NCCc1ccccc1. The number of benzene rings is 2. The normalized spacial score (nSPS) is 17.5. The fraction of sp³-hybridized carbons (Fsp3) is 0.318. The predicted molar refractivity (Wildman–Crippen MR) is 106 cm³/mol. The highest BCUT2D eigenvalue weighted by molar-refractivity contribution is 6.04. The highest BCUT2D eigenvalue weighted by Crippen LogP contribution is 2.38. The van der Waals surface area contributed by atoms with E-state index in [1.165, 1.54) is 0 Å². The zero-order valence-electron chi connectivity index (χ0n) is 15.8. The molecule has 2 aromatic rings. The van der Waals surface area contributed by atoms with Crippen LogP contribution in [0.4, 0.5) is 5.69 Å². The molecule has 0 bridgehead atoms. The second-order valence-corrected chi connectivity index (χ2v) is 7.01. The molecule has 28 heavy (non-hydrogen) atoms. The maximum absolute atomic E-state index is 12.5. The Morgan fingerprint density at radius 1 is 1.04 bits per heavy atom. The van der Waals surface area contributed by atoms with Crippen LogP contribution in [-0.2, 0) is 20.7 Å². The summed E-state index contributed by atoms with van der Waals surface area (Å²) in [5, 5.41) is 5.51. The largest absolute Gasteiger partial charge is 0.455 e. The average Bonchev–Trinajstić information content (AvgIpc) is 3.44. The molecular formula is C22H24N2O4. The number of ether oxygens (including phenoxy) is 1. The van der Waals surface area contributed by atoms with Gasteiger partial charge >= 0.3 is 5.97 Å². The molecule has 1 aliphatic carbocycles. The van der Waals surface area contributed by atoms with Gasteiger partial charge in [0.05, 0.1) is 17.2 Å². The summed E-state index contributed by atoms with van der Waals surface area (Å²) in [6.07, 6.45) is 1.53. The van der Waals surface area contributed by atoms with E-state index in [9.17, 15) is 14.4 Å². The van der Waals surface area contributed by atoms with Crippen LogP contribution in [-0.4, -0.2) is 30.9 Å². The standard InChI is InChI=1S/C22H24N2O4/c1-15-13-18(15)22(27)28-14-20(25)24-19-10-6-5-9-17(19)21(26)23-12-11-16-7-3-2-4-8-16/h2-10,15,18H,11-14H2,1H3,(H,23,26)(H,24,25)/t15-,18+/m1/s1. The summed E-state index contributed by atoms with van der Waals surface area (Å²) in [5.74, 6) is -0.831. The van der Waals surface area contributed by atoms with Crippen LogP contribution in [0.1, 0.15) is 29.3 Å². The summed E-state index contributed by atoms with van der Waals surface area (Å²) in [6, 6.07) is 16.6. The van der Waals surface area contributed by atoms with Gasteiger partial charge in [-0.05, 0) is 36.5 Å². The Morgan fingerprint density at radius 3 is 2.43 bits per heavy atom. The Balaban J connectivity index is 1.50. The van der Waals surface area contributed by atoms with Gasteiger partial charge in [-0.15, -0.1) is 0 Å². The molecule has 146 valence electrons. The molecular weight excluding hydrogens is 356 g/mol. The number of hydrogen-bond donors (Lipinski definition) is 2. The summed E-state index contributed by atoms with van der Waals surface area (Å²) in [4.78, 5) is 36.3. The van der Waals surface area contributed by atoms with Crippen molar-refractivity contribution >= 4 is 23.5 Å². The van der Waals surface area contributed by atoms with Gasteiger partial charge in [0, 0.05) is 6.54 Å². The predicted octanol–water partition coefficient (Wildman–Crippen LogP) is 2.80. The van der Waals surface area contributed by atoms with E-state index in [2.05, 4.69) is 10.6 Å². The van der Waals surface area contributed by atoms with Gasteiger partial charge in [-0.25, -0.2) is 0 Å². The average molecular weight is 380 g/mol. The smallest absolute Gasteiger partial charge is 0.309 e. The highest BCUT2D eigenvalue weighted by atomic mass is 16.5. The molecule has 1 aliphatic rings. The molecule has 0 spiro atoms. The zero-order chi connectivity index (χ0) is 19.9. The van der Waals surface area contributed by atoms with Gasteiger partial charge in [0.2, 0.25) is 0 Å². The number of para-hydroxylation sites is 1. The van der Waals surface area contributed by atoms with Gasteiger partial charge in [0.25, 0.3) is 11.8 Å². The van der Waals surface area contributed by atoms with Crippen molar-refractivity contribution in [3.8, 4) is 0 Å². The third kappa shape index (κ3) is 5.42. The van der Waals surface area contributed by atoms with Crippen molar-refractivity contribution in [2.45, 2.75) is 19.8 Å². The molecule has 0 aromatic heterocycles. The minimum absolute atomic E-state index is 0.0875. The highest BCUT2D eigenvalue weighted by Gasteiger charge is 2.40. The van der Waals surface area contributed by atoms with E-state index in [0.29, 0.717) is 23.7 Å². The summed E-state index contributed by atoms with van der Waals surface area (Å²) in [7, 11) is 0. The fourth-order valence-electron chi connectivity index (χ4n) is 2.93. The van der Waals surface area contributed by atoms with Gasteiger partial charge in [-0.1, -0.05) is 49.4 Å². The number of amides is 2. The Kier molecular flexibility index (Phi) is 6.42. The molecule has 6 nitrogen and oxygen atoms in total. The van der Waals surface area contributed by atoms with Gasteiger partial charge in [-0.2, -0.15) is 0 Å². The van der Waals surface area contributed by atoms with E-state index in [1.54, 1.807) is 24.3 Å². The van der Waals surface area contributed by atoms with Crippen LogP contribution < -0.4 is 10.6 Å². The van der Waals surface area contributed by atoms with Gasteiger partial charge in [0.15, 0.2) is 6.61 Å². The maximum Gasteiger partial charge on any atom is 0.309 e. The second kappa shape index (κ2) is 9.17. The first-order chi connectivity index (χ1) is 13.5. The van der Waals surface area contributed by atoms with Crippen LogP contribution in [0, 0.1) is 11.8 Å². The van der Waals surface area contributed by atoms with E-state index >= 15 is 0 Å². The minimum Gasteiger partial charge on any atom is -0.455 e. The van der Waals surface area contributed by atoms with Crippen molar-refractivity contribution in [2.75, 3.05) is 18.5 Å². The van der Waals surface area contributed by atoms with Crippen LogP contribution in [0.3, 0.4) is 0 Å². The molecule has 2 N–H and O–H groups in total. The van der Waals surface area contributed by atoms with E-state index in [0.717, 1.165) is 18.4 Å². The van der Waals surface area contributed by atoms with E-state index in [4.69, 9.17) is 4.74 Å². The quantitative estimate of drug-likeness (QED) is 0.690. The van der Waals surface area contributed by atoms with E-state index in [-0.39, 0.29) is 24.4 Å². The first kappa shape index (κ1) is 19.6. The molecule has 1 saturated carbocycles. The van der Waals surface area contributed by atoms with Crippen LogP contribution in [0.2, 0.25) is 0 Å². The van der Waals surface area contributed by atoms with Gasteiger partial charge in [0.1, 0.15) is 0 Å². The van der Waals surface area contributed by atoms with E-state index < -0.39 is 5.91 Å². The molecule has 0 aliphatic heterocycles. The Morgan fingerprint density at radius 2 is 1.71 bits per heavy atom. The van der Waals surface area contributed by atoms with Gasteiger partial charge < -0.3 is 15.4 Å². The van der Waals surface area contributed by atoms with Crippen LogP contribution in [0.25, 0.3) is 0 Å². The number of esters is 1. The second-order valence-electron chi connectivity index (χ2n) is 7.01. The number of anilines is 1. The fourth-order valence-corrected chi connectivity index (χ4v) is 2.93. The molecule has 0 radical (unpaired) electrons.